The van der Waals surface area contributed by atoms with Gasteiger partial charge in [-0.05, 0) is 18.4 Å². The van der Waals surface area contributed by atoms with Crippen LogP contribution in [0, 0.1) is 0 Å². The highest BCUT2D eigenvalue weighted by atomic mass is 32.2. The molecule has 9 heavy (non-hydrogen) atoms. The van der Waals surface area contributed by atoms with E-state index in [1.807, 2.05) is 0 Å². The maximum absolute atomic E-state index is 10.2. The molecular formula is C5H11NO2S. The van der Waals surface area contributed by atoms with Gasteiger partial charge in [-0.25, -0.2) is 0 Å². The van der Waals surface area contributed by atoms with Gasteiger partial charge >= 0.3 is 5.97 Å². The molecule has 0 saturated carbocycles. The number of carboxylic acids is 1. The zero-order valence-electron chi connectivity index (χ0n) is 7.83. The lowest BCUT2D eigenvalue weighted by Crippen LogP contribution is -2.30. The minimum Gasteiger partial charge on any atom is -0.480 e. The van der Waals surface area contributed by atoms with E-state index >= 15 is 0 Å². The van der Waals surface area contributed by atoms with E-state index < -0.39 is 18.2 Å². The van der Waals surface area contributed by atoms with Crippen molar-refractivity contribution in [3.8, 4) is 0 Å². The van der Waals surface area contributed by atoms with Crippen LogP contribution < -0.4 is 5.73 Å². The fourth-order valence-electron chi connectivity index (χ4n) is 0.309. The zero-order chi connectivity index (χ0) is 9.78. The molecule has 0 rings (SSSR count). The first-order valence-corrected chi connectivity index (χ1v) is 3.44. The Morgan fingerprint density at radius 2 is 2.78 bits per heavy atom. The van der Waals surface area contributed by atoms with Gasteiger partial charge in [0, 0.05) is 4.11 Å². The minimum atomic E-state index is -2.06. The third-order valence-corrected chi connectivity index (χ3v) is 1.29. The average molecular weight is 152 g/mol. The fraction of sp³-hybridized carbons (Fsp3) is 0.800. The van der Waals surface area contributed by atoms with Crippen molar-refractivity contribution < 1.29 is 14.0 Å². The first-order chi connectivity index (χ1) is 5.33. The van der Waals surface area contributed by atoms with Crippen molar-refractivity contribution in [2.75, 3.05) is 11.9 Å². The van der Waals surface area contributed by atoms with Crippen molar-refractivity contribution in [2.45, 2.75) is 12.5 Å². The van der Waals surface area contributed by atoms with Gasteiger partial charge in [-0.2, -0.15) is 11.8 Å². The zero-order valence-corrected chi connectivity index (χ0v) is 5.65. The van der Waals surface area contributed by atoms with E-state index in [0.717, 1.165) is 11.8 Å². The lowest BCUT2D eigenvalue weighted by atomic mass is 10.2. The molecule has 0 amide bonds. The fourth-order valence-corrected chi connectivity index (χ4v) is 0.681. The summed E-state index contributed by atoms with van der Waals surface area (Å²) in [6.45, 7) is 0. The highest BCUT2D eigenvalue weighted by Crippen LogP contribution is 1.97. The first-order valence-electron chi connectivity index (χ1n) is 3.95. The lowest BCUT2D eigenvalue weighted by molar-refractivity contribution is -0.138. The summed E-state index contributed by atoms with van der Waals surface area (Å²) in [5.74, 6) is -0.856. The van der Waals surface area contributed by atoms with Crippen molar-refractivity contribution in [1.29, 1.82) is 0 Å². The molecule has 54 valence electrons. The van der Waals surface area contributed by atoms with Gasteiger partial charge in [-0.15, -0.1) is 0 Å². The van der Waals surface area contributed by atoms with Crippen LogP contribution in [0.3, 0.4) is 0 Å². The van der Waals surface area contributed by atoms with E-state index in [0.29, 0.717) is 0 Å². The van der Waals surface area contributed by atoms with E-state index in [2.05, 4.69) is 0 Å². The Labute approximate surface area is 62.8 Å². The summed E-state index contributed by atoms with van der Waals surface area (Å²) in [6.07, 6.45) is -1.88. The molecule has 0 fully saturated rings. The number of thioether (sulfide) groups is 1. The number of carboxylic acid groups (broad SMARTS) is 1. The van der Waals surface area contributed by atoms with E-state index in [1.165, 1.54) is 0 Å². The average Bonchev–Trinajstić information content (AvgIpc) is 1.84. The maximum atomic E-state index is 10.2. The molecule has 0 spiro atoms. The number of carbonyl (C=O) groups is 1. The Balaban J connectivity index is 3.51. The Bertz CT molecular complexity index is 161. The van der Waals surface area contributed by atoms with Gasteiger partial charge in [0.05, 0.1) is 0 Å². The molecule has 0 aromatic carbocycles. The standard InChI is InChI=1S/C5H11NO2S/c1-9-3-2-4(6)5(7)8/h4H,2-3,6H2,1H3,(H,7,8)/i1D3. The van der Waals surface area contributed by atoms with Crippen molar-refractivity contribution in [3.63, 3.8) is 0 Å². The van der Waals surface area contributed by atoms with Gasteiger partial charge in [-0.3, -0.25) is 4.79 Å². The summed E-state index contributed by atoms with van der Waals surface area (Å²) in [5.41, 5.74) is 5.15. The van der Waals surface area contributed by atoms with Crippen LogP contribution in [-0.2, 0) is 4.79 Å². The molecule has 0 heterocycles. The third kappa shape index (κ3) is 4.29. The molecule has 0 aromatic heterocycles. The van der Waals surface area contributed by atoms with Gasteiger partial charge < -0.3 is 10.8 Å². The third-order valence-electron chi connectivity index (χ3n) is 0.848. The van der Waals surface area contributed by atoms with Crippen LogP contribution in [0.25, 0.3) is 0 Å². The van der Waals surface area contributed by atoms with Crippen LogP contribution in [-0.4, -0.2) is 29.1 Å². The number of hydrogen-bond donors (Lipinski definition) is 2. The molecule has 0 aliphatic rings. The second-order valence-corrected chi connectivity index (χ2v) is 2.28. The normalized spacial score (nSPS) is 19.4. The predicted molar refractivity (Wildman–Crippen MR) is 38.6 cm³/mol. The van der Waals surface area contributed by atoms with Crippen molar-refractivity contribution in [1.82, 2.24) is 0 Å². The van der Waals surface area contributed by atoms with Crippen LogP contribution in [0.15, 0.2) is 0 Å². The van der Waals surface area contributed by atoms with Crippen molar-refractivity contribution >= 4 is 17.7 Å². The number of rotatable bonds is 4. The van der Waals surface area contributed by atoms with Gasteiger partial charge in [0.25, 0.3) is 0 Å². The SMILES string of the molecule is [2H]C([2H])([2H])SCCC(N)C(=O)O. The monoisotopic (exact) mass is 152 g/mol. The molecule has 0 aromatic rings. The van der Waals surface area contributed by atoms with Crippen molar-refractivity contribution in [2.24, 2.45) is 5.73 Å². The highest BCUT2D eigenvalue weighted by molar-refractivity contribution is 7.98. The van der Waals surface area contributed by atoms with Crippen LogP contribution in [0.2, 0.25) is 0 Å². The molecule has 3 N–H and O–H groups in total. The molecule has 4 heteroatoms. The second kappa shape index (κ2) is 4.64. The molecule has 3 nitrogen and oxygen atoms in total. The van der Waals surface area contributed by atoms with Crippen LogP contribution in [0.4, 0.5) is 0 Å². The van der Waals surface area contributed by atoms with E-state index in [4.69, 9.17) is 15.0 Å². The highest BCUT2D eigenvalue weighted by Gasteiger charge is 2.08. The van der Waals surface area contributed by atoms with Crippen LogP contribution in [0.5, 0.6) is 0 Å². The van der Waals surface area contributed by atoms with E-state index in [1.54, 1.807) is 0 Å². The summed E-state index contributed by atoms with van der Waals surface area (Å²) in [7, 11) is 0. The molecule has 0 aliphatic carbocycles. The molecule has 0 aliphatic heterocycles. The summed E-state index contributed by atoms with van der Waals surface area (Å²) >= 11 is 0.736. The van der Waals surface area contributed by atoms with Gasteiger partial charge in [0.15, 0.2) is 0 Å². The summed E-state index contributed by atoms with van der Waals surface area (Å²) < 4.78 is 20.4. The summed E-state index contributed by atoms with van der Waals surface area (Å²) in [5, 5.41) is 8.34. The van der Waals surface area contributed by atoms with Gasteiger partial charge in [0.2, 0.25) is 0 Å². The number of aliphatic carboxylic acids is 1. The Morgan fingerprint density at radius 3 is 3.22 bits per heavy atom. The van der Waals surface area contributed by atoms with Gasteiger partial charge in [0.1, 0.15) is 6.04 Å². The number of hydrogen-bond acceptors (Lipinski definition) is 3. The first kappa shape index (κ1) is 4.57. The Kier molecular flexibility index (Phi) is 2.36. The molecule has 1 unspecified atom stereocenters. The van der Waals surface area contributed by atoms with E-state index in [-0.39, 0.29) is 12.2 Å². The largest absolute Gasteiger partial charge is 0.480 e. The lowest BCUT2D eigenvalue weighted by Gasteiger charge is -2.02. The molecule has 1 atom stereocenters. The summed E-state index contributed by atoms with van der Waals surface area (Å²) in [6, 6.07) is -0.958. The smallest absolute Gasteiger partial charge is 0.320 e. The van der Waals surface area contributed by atoms with Crippen LogP contribution in [0.1, 0.15) is 10.5 Å². The molecule has 0 saturated heterocycles. The number of nitrogens with two attached hydrogens (primary N) is 1. The van der Waals surface area contributed by atoms with Gasteiger partial charge in [-0.1, -0.05) is 0 Å². The predicted octanol–water partition coefficient (Wildman–Crippen LogP) is 0.151. The van der Waals surface area contributed by atoms with E-state index in [9.17, 15) is 4.79 Å². The molecule has 0 bridgehead atoms. The molecule has 0 radical (unpaired) electrons. The topological polar surface area (TPSA) is 63.3 Å². The minimum absolute atomic E-state index is 0.179. The quantitative estimate of drug-likeness (QED) is 0.602. The molecular weight excluding hydrogens is 138 g/mol. The Morgan fingerprint density at radius 1 is 2.11 bits per heavy atom. The second-order valence-electron chi connectivity index (χ2n) is 1.58. The van der Waals surface area contributed by atoms with Crippen LogP contribution >= 0.6 is 11.8 Å². The maximum Gasteiger partial charge on any atom is 0.320 e. The Hall–Kier alpha value is -0.220. The van der Waals surface area contributed by atoms with Crippen molar-refractivity contribution in [3.05, 3.63) is 0 Å². The summed E-state index contributed by atoms with van der Waals surface area (Å²) in [4.78, 5) is 10.2.